The Morgan fingerprint density at radius 2 is 1.87 bits per heavy atom. The molecular weight excluding hydrogens is 493 g/mol. The van der Waals surface area contributed by atoms with E-state index in [4.69, 9.17) is 0 Å². The molecule has 0 fully saturated rings. The first-order chi connectivity index (χ1) is 18.2. The van der Waals surface area contributed by atoms with Gasteiger partial charge in [-0.2, -0.15) is 18.3 Å². The number of alkyl halides is 3. The van der Waals surface area contributed by atoms with E-state index >= 15 is 0 Å². The van der Waals surface area contributed by atoms with Gasteiger partial charge in [-0.15, -0.1) is 0 Å². The number of hydrogen-bond acceptors (Lipinski definition) is 4. The predicted molar refractivity (Wildman–Crippen MR) is 137 cm³/mol. The molecule has 5 aromatic rings. The number of hydrogen-bond donors (Lipinski definition) is 0. The van der Waals surface area contributed by atoms with E-state index in [0.717, 1.165) is 21.1 Å². The van der Waals surface area contributed by atoms with Crippen molar-refractivity contribution in [2.75, 3.05) is 4.90 Å². The Bertz CT molecular complexity index is 1670. The lowest BCUT2D eigenvalue weighted by Crippen LogP contribution is -2.48. The fraction of sp³-hybridized carbons (Fsp3) is 0.214. The standard InChI is InChI=1S/C28H23F3N6O/c1-17-6-7-24-22(12-17)25(8-9-33-24)37-18(14-36-11-10-32-16-36)13-21-19(4-3-5-20(21)27(37)38)23-15-35(2)34-26(23)28(29,30)31/h3-12,15-16,18H,13-14H2,1-2H3. The summed E-state index contributed by atoms with van der Waals surface area (Å²) in [7, 11) is 1.46. The van der Waals surface area contributed by atoms with Gasteiger partial charge >= 0.3 is 6.18 Å². The van der Waals surface area contributed by atoms with Gasteiger partial charge in [-0.3, -0.25) is 14.5 Å². The number of carbonyl (C=O) groups excluding carboxylic acids is 1. The fourth-order valence-corrected chi connectivity index (χ4v) is 5.32. The first kappa shape index (κ1) is 23.9. The van der Waals surface area contributed by atoms with Crippen LogP contribution in [0.1, 0.15) is 27.2 Å². The number of aromatic nitrogens is 5. The van der Waals surface area contributed by atoms with Crippen LogP contribution in [0.3, 0.4) is 0 Å². The minimum absolute atomic E-state index is 0.0375. The zero-order valence-electron chi connectivity index (χ0n) is 20.6. The molecule has 1 atom stereocenters. The summed E-state index contributed by atoms with van der Waals surface area (Å²) >= 11 is 0. The predicted octanol–water partition coefficient (Wildman–Crippen LogP) is 5.43. The second-order valence-corrected chi connectivity index (χ2v) is 9.54. The smallest absolute Gasteiger partial charge is 0.335 e. The first-order valence-electron chi connectivity index (χ1n) is 12.1. The maximum absolute atomic E-state index is 14.2. The maximum atomic E-state index is 14.2. The Morgan fingerprint density at radius 3 is 2.63 bits per heavy atom. The third kappa shape index (κ3) is 4.02. The Morgan fingerprint density at radius 1 is 1.05 bits per heavy atom. The van der Waals surface area contributed by atoms with Gasteiger partial charge in [-0.25, -0.2) is 4.98 Å². The van der Waals surface area contributed by atoms with Crippen LogP contribution in [-0.4, -0.2) is 36.3 Å². The van der Waals surface area contributed by atoms with E-state index in [0.29, 0.717) is 35.3 Å². The minimum Gasteiger partial charge on any atom is -0.335 e. The number of nitrogens with zero attached hydrogens (tertiary/aromatic N) is 6. The van der Waals surface area contributed by atoms with E-state index in [1.165, 1.54) is 13.2 Å². The van der Waals surface area contributed by atoms with E-state index in [-0.39, 0.29) is 17.5 Å². The summed E-state index contributed by atoms with van der Waals surface area (Å²) in [5, 5.41) is 4.52. The molecular formula is C28H23F3N6O. The Labute approximate surface area is 216 Å². The molecule has 0 bridgehead atoms. The molecule has 0 saturated heterocycles. The molecule has 10 heteroatoms. The molecule has 38 heavy (non-hydrogen) atoms. The number of imidazole rings is 1. The van der Waals surface area contributed by atoms with Crippen molar-refractivity contribution in [1.29, 1.82) is 0 Å². The molecule has 0 aliphatic carbocycles. The third-order valence-electron chi connectivity index (χ3n) is 6.93. The number of halogens is 3. The SMILES string of the molecule is Cc1ccc2nccc(N3C(=O)c4cccc(-c5cn(C)nc5C(F)(F)F)c4CC3Cn3ccnc3)c2c1. The van der Waals surface area contributed by atoms with Crippen LogP contribution in [0.2, 0.25) is 0 Å². The van der Waals surface area contributed by atoms with Crippen LogP contribution in [0.25, 0.3) is 22.0 Å². The number of rotatable bonds is 4. The van der Waals surface area contributed by atoms with Gasteiger partial charge in [-0.05, 0) is 48.7 Å². The second kappa shape index (κ2) is 8.83. The molecule has 1 amide bonds. The summed E-state index contributed by atoms with van der Waals surface area (Å²) in [5.74, 6) is -0.273. The molecule has 0 N–H and O–H groups in total. The molecule has 2 aromatic carbocycles. The minimum atomic E-state index is -4.63. The van der Waals surface area contributed by atoms with Gasteiger partial charge < -0.3 is 9.47 Å². The summed E-state index contributed by atoms with van der Waals surface area (Å²) in [6.45, 7) is 2.39. The van der Waals surface area contributed by atoms with Gasteiger partial charge in [-0.1, -0.05) is 23.8 Å². The lowest BCUT2D eigenvalue weighted by atomic mass is 9.86. The van der Waals surface area contributed by atoms with Crippen molar-refractivity contribution >= 4 is 22.5 Å². The average molecular weight is 517 g/mol. The quantitative estimate of drug-likeness (QED) is 0.320. The van der Waals surface area contributed by atoms with E-state index in [1.54, 1.807) is 41.8 Å². The molecule has 6 rings (SSSR count). The highest BCUT2D eigenvalue weighted by Gasteiger charge is 2.40. The van der Waals surface area contributed by atoms with E-state index in [2.05, 4.69) is 15.1 Å². The van der Waals surface area contributed by atoms with Crippen molar-refractivity contribution in [3.05, 3.63) is 96.0 Å². The van der Waals surface area contributed by atoms with Gasteiger partial charge in [0.05, 0.1) is 23.6 Å². The third-order valence-corrected chi connectivity index (χ3v) is 6.93. The van der Waals surface area contributed by atoms with Crippen molar-refractivity contribution in [2.45, 2.75) is 32.1 Å². The zero-order valence-corrected chi connectivity index (χ0v) is 20.6. The lowest BCUT2D eigenvalue weighted by molar-refractivity contribution is -0.140. The summed E-state index contributed by atoms with van der Waals surface area (Å²) in [4.78, 5) is 24.5. The maximum Gasteiger partial charge on any atom is 0.435 e. The molecule has 1 unspecified atom stereocenters. The molecule has 0 spiro atoms. The van der Waals surface area contributed by atoms with Crippen LogP contribution in [0.5, 0.6) is 0 Å². The normalized spacial score (nSPS) is 15.8. The van der Waals surface area contributed by atoms with Gasteiger partial charge in [0, 0.05) is 54.9 Å². The Hall–Kier alpha value is -4.47. The summed E-state index contributed by atoms with van der Waals surface area (Å²) in [6, 6.07) is 12.3. The van der Waals surface area contributed by atoms with Crippen LogP contribution in [0.15, 0.2) is 73.6 Å². The van der Waals surface area contributed by atoms with Crippen molar-refractivity contribution in [1.82, 2.24) is 24.3 Å². The Balaban J connectivity index is 1.55. The van der Waals surface area contributed by atoms with Crippen LogP contribution in [0, 0.1) is 6.92 Å². The summed E-state index contributed by atoms with van der Waals surface area (Å²) in [6.07, 6.45) is 3.88. The van der Waals surface area contributed by atoms with Gasteiger partial charge in [0.15, 0.2) is 5.69 Å². The second-order valence-electron chi connectivity index (χ2n) is 9.54. The zero-order chi connectivity index (χ0) is 26.6. The number of benzene rings is 2. The highest BCUT2D eigenvalue weighted by molar-refractivity contribution is 6.13. The van der Waals surface area contributed by atoms with Crippen molar-refractivity contribution < 1.29 is 18.0 Å². The van der Waals surface area contributed by atoms with Gasteiger partial charge in [0.2, 0.25) is 0 Å². The number of amides is 1. The van der Waals surface area contributed by atoms with Crippen LogP contribution >= 0.6 is 0 Å². The number of carbonyl (C=O) groups is 1. The van der Waals surface area contributed by atoms with Crippen molar-refractivity contribution in [2.24, 2.45) is 7.05 Å². The van der Waals surface area contributed by atoms with Crippen LogP contribution < -0.4 is 4.90 Å². The van der Waals surface area contributed by atoms with Gasteiger partial charge in [0.25, 0.3) is 5.91 Å². The summed E-state index contributed by atoms with van der Waals surface area (Å²) < 4.78 is 44.7. The molecule has 192 valence electrons. The Kier molecular flexibility index (Phi) is 5.55. The summed E-state index contributed by atoms with van der Waals surface area (Å²) in [5.41, 5.74) is 2.80. The molecule has 7 nitrogen and oxygen atoms in total. The van der Waals surface area contributed by atoms with E-state index in [1.807, 2.05) is 42.0 Å². The topological polar surface area (TPSA) is 68.8 Å². The molecule has 3 aromatic heterocycles. The van der Waals surface area contributed by atoms with Crippen LogP contribution in [-0.2, 0) is 26.2 Å². The number of pyridine rings is 1. The molecule has 1 aliphatic heterocycles. The lowest BCUT2D eigenvalue weighted by Gasteiger charge is -2.38. The van der Waals surface area contributed by atoms with Crippen molar-refractivity contribution in [3.8, 4) is 11.1 Å². The molecule has 0 radical (unpaired) electrons. The van der Waals surface area contributed by atoms with Crippen molar-refractivity contribution in [3.63, 3.8) is 0 Å². The molecule has 4 heterocycles. The van der Waals surface area contributed by atoms with E-state index in [9.17, 15) is 18.0 Å². The van der Waals surface area contributed by atoms with E-state index < -0.39 is 11.9 Å². The highest BCUT2D eigenvalue weighted by atomic mass is 19.4. The van der Waals surface area contributed by atoms with Gasteiger partial charge in [0.1, 0.15) is 0 Å². The number of anilines is 1. The number of fused-ring (bicyclic) bond motifs is 2. The number of aryl methyl sites for hydroxylation is 2. The molecule has 0 saturated carbocycles. The van der Waals surface area contributed by atoms with Crippen LogP contribution in [0.4, 0.5) is 18.9 Å². The fourth-order valence-electron chi connectivity index (χ4n) is 5.32. The first-order valence-corrected chi connectivity index (χ1v) is 12.1. The molecule has 1 aliphatic rings. The largest absolute Gasteiger partial charge is 0.435 e. The highest BCUT2D eigenvalue weighted by Crippen LogP contribution is 2.41. The monoisotopic (exact) mass is 516 g/mol. The average Bonchev–Trinajstić information content (AvgIpc) is 3.53.